The van der Waals surface area contributed by atoms with E-state index in [4.69, 9.17) is 0 Å². The third kappa shape index (κ3) is 3.62. The second-order valence-electron chi connectivity index (χ2n) is 5.94. The summed E-state index contributed by atoms with van der Waals surface area (Å²) < 4.78 is 15.8. The fraction of sp³-hybridized carbons (Fsp3) is 0.389. The van der Waals surface area contributed by atoms with E-state index < -0.39 is 6.10 Å². The minimum absolute atomic E-state index is 0.124. The molecular weight excluding hydrogens is 295 g/mol. The van der Waals surface area contributed by atoms with Gasteiger partial charge in [-0.3, -0.25) is 4.79 Å². The lowest BCUT2D eigenvalue weighted by Crippen LogP contribution is -2.29. The highest BCUT2D eigenvalue weighted by Gasteiger charge is 2.20. The minimum Gasteiger partial charge on any atom is -0.393 e. The summed E-state index contributed by atoms with van der Waals surface area (Å²) in [5.41, 5.74) is 2.51. The topological polar surface area (TPSA) is 45.5 Å². The summed E-state index contributed by atoms with van der Waals surface area (Å²) in [5.74, 6) is -0.447. The maximum Gasteiger partial charge on any atom is 0.255 e. The first-order valence-corrected chi connectivity index (χ1v) is 7.70. The van der Waals surface area contributed by atoms with Crippen molar-refractivity contribution >= 4 is 5.91 Å². The molecule has 23 heavy (non-hydrogen) atoms. The van der Waals surface area contributed by atoms with Gasteiger partial charge >= 0.3 is 0 Å². The van der Waals surface area contributed by atoms with Gasteiger partial charge in [-0.1, -0.05) is 12.1 Å². The van der Waals surface area contributed by atoms with Crippen molar-refractivity contribution in [3.8, 4) is 5.69 Å². The first kappa shape index (κ1) is 17.2. The average molecular weight is 318 g/mol. The second-order valence-corrected chi connectivity index (χ2v) is 5.94. The van der Waals surface area contributed by atoms with Crippen molar-refractivity contribution in [1.29, 1.82) is 0 Å². The Bertz CT molecular complexity index is 707. The molecule has 0 aliphatic heterocycles. The smallest absolute Gasteiger partial charge is 0.255 e. The van der Waals surface area contributed by atoms with Crippen LogP contribution < -0.4 is 0 Å². The Labute approximate surface area is 136 Å². The van der Waals surface area contributed by atoms with E-state index in [2.05, 4.69) is 0 Å². The Balaban J connectivity index is 2.34. The molecular formula is C18H23FN2O2. The zero-order valence-corrected chi connectivity index (χ0v) is 14.0. The Kier molecular flexibility index (Phi) is 5.21. The first-order chi connectivity index (χ1) is 10.8. The zero-order chi connectivity index (χ0) is 17.1. The summed E-state index contributed by atoms with van der Waals surface area (Å²) in [6.07, 6.45) is 0.0741. The van der Waals surface area contributed by atoms with Crippen LogP contribution in [0.5, 0.6) is 0 Å². The molecule has 0 saturated heterocycles. The summed E-state index contributed by atoms with van der Waals surface area (Å²) in [7, 11) is 1.71. The number of amides is 1. The number of aromatic nitrogens is 1. The van der Waals surface area contributed by atoms with Gasteiger partial charge in [0.25, 0.3) is 5.91 Å². The van der Waals surface area contributed by atoms with Crippen LogP contribution in [-0.4, -0.2) is 40.2 Å². The predicted molar refractivity (Wildman–Crippen MR) is 88.5 cm³/mol. The van der Waals surface area contributed by atoms with Crippen molar-refractivity contribution in [3.63, 3.8) is 0 Å². The number of aliphatic hydroxyl groups is 1. The van der Waals surface area contributed by atoms with Crippen molar-refractivity contribution in [2.75, 3.05) is 13.6 Å². The van der Waals surface area contributed by atoms with Gasteiger partial charge in [0.05, 0.1) is 17.4 Å². The van der Waals surface area contributed by atoms with Gasteiger partial charge in [-0.05, 0) is 45.4 Å². The number of rotatable bonds is 5. The number of nitrogens with zero attached hydrogens (tertiary/aromatic N) is 2. The molecule has 1 aromatic carbocycles. The van der Waals surface area contributed by atoms with E-state index >= 15 is 0 Å². The van der Waals surface area contributed by atoms with Gasteiger partial charge in [-0.25, -0.2) is 4.39 Å². The summed E-state index contributed by atoms with van der Waals surface area (Å²) in [6.45, 7) is 5.84. The van der Waals surface area contributed by atoms with Gasteiger partial charge in [-0.15, -0.1) is 0 Å². The summed E-state index contributed by atoms with van der Waals surface area (Å²) in [6, 6.07) is 8.30. The van der Waals surface area contributed by atoms with Gasteiger partial charge in [0.2, 0.25) is 0 Å². The molecule has 1 atom stereocenters. The van der Waals surface area contributed by atoms with Crippen LogP contribution in [0.25, 0.3) is 5.69 Å². The summed E-state index contributed by atoms with van der Waals surface area (Å²) >= 11 is 0. The summed E-state index contributed by atoms with van der Waals surface area (Å²) in [4.78, 5) is 14.2. The fourth-order valence-corrected chi connectivity index (χ4v) is 2.67. The van der Waals surface area contributed by atoms with E-state index in [1.165, 1.54) is 6.07 Å². The highest BCUT2D eigenvalue weighted by Crippen LogP contribution is 2.23. The molecule has 0 fully saturated rings. The normalized spacial score (nSPS) is 12.3. The lowest BCUT2D eigenvalue weighted by molar-refractivity contribution is 0.0768. The molecule has 0 radical (unpaired) electrons. The van der Waals surface area contributed by atoms with Crippen LogP contribution in [0, 0.1) is 19.7 Å². The Morgan fingerprint density at radius 2 is 2.00 bits per heavy atom. The molecule has 0 aliphatic carbocycles. The molecule has 1 amide bonds. The van der Waals surface area contributed by atoms with Gasteiger partial charge in [-0.2, -0.15) is 0 Å². The maximum absolute atomic E-state index is 14.1. The summed E-state index contributed by atoms with van der Waals surface area (Å²) in [5, 5.41) is 9.35. The van der Waals surface area contributed by atoms with Crippen LogP contribution in [0.4, 0.5) is 4.39 Å². The average Bonchev–Trinajstić information content (AvgIpc) is 2.79. The van der Waals surface area contributed by atoms with Gasteiger partial charge in [0.15, 0.2) is 0 Å². The Morgan fingerprint density at radius 1 is 1.35 bits per heavy atom. The SMILES string of the molecule is Cc1cc(C(=O)N(C)CCC(C)O)c(C)n1-c1ccccc1F. The number of hydrogen-bond donors (Lipinski definition) is 1. The van der Waals surface area contributed by atoms with Crippen molar-refractivity contribution < 1.29 is 14.3 Å². The van der Waals surface area contributed by atoms with Crippen molar-refractivity contribution in [3.05, 3.63) is 53.1 Å². The van der Waals surface area contributed by atoms with Crippen LogP contribution >= 0.6 is 0 Å². The van der Waals surface area contributed by atoms with Crippen molar-refractivity contribution in [2.24, 2.45) is 0 Å². The first-order valence-electron chi connectivity index (χ1n) is 7.70. The number of aliphatic hydroxyl groups excluding tert-OH is 1. The number of carbonyl (C=O) groups is 1. The molecule has 1 aromatic heterocycles. The largest absolute Gasteiger partial charge is 0.393 e. The molecule has 0 bridgehead atoms. The third-order valence-corrected chi connectivity index (χ3v) is 3.98. The van der Waals surface area contributed by atoms with Crippen LogP contribution in [0.1, 0.15) is 35.1 Å². The van der Waals surface area contributed by atoms with E-state index in [1.807, 2.05) is 13.8 Å². The van der Waals surface area contributed by atoms with Crippen LogP contribution in [-0.2, 0) is 0 Å². The Hall–Kier alpha value is -2.14. The monoisotopic (exact) mass is 318 g/mol. The fourth-order valence-electron chi connectivity index (χ4n) is 2.67. The van der Waals surface area contributed by atoms with E-state index in [-0.39, 0.29) is 11.7 Å². The highest BCUT2D eigenvalue weighted by atomic mass is 19.1. The molecule has 0 spiro atoms. The molecule has 124 valence electrons. The van der Waals surface area contributed by atoms with Gasteiger partial charge in [0.1, 0.15) is 5.82 Å². The predicted octanol–water partition coefficient (Wildman–Crippen LogP) is 3.08. The number of carbonyl (C=O) groups excluding carboxylic acids is 1. The molecule has 1 heterocycles. The number of benzene rings is 1. The molecule has 1 N–H and O–H groups in total. The molecule has 4 nitrogen and oxygen atoms in total. The minimum atomic E-state index is -0.448. The molecule has 0 aliphatic rings. The molecule has 2 aromatic rings. The molecule has 1 unspecified atom stereocenters. The number of halogens is 1. The van der Waals surface area contributed by atoms with Crippen molar-refractivity contribution in [1.82, 2.24) is 9.47 Å². The van der Waals surface area contributed by atoms with E-state index in [9.17, 15) is 14.3 Å². The Morgan fingerprint density at radius 3 is 2.61 bits per heavy atom. The lowest BCUT2D eigenvalue weighted by Gasteiger charge is -2.18. The van der Waals surface area contributed by atoms with E-state index in [0.29, 0.717) is 29.9 Å². The van der Waals surface area contributed by atoms with E-state index in [0.717, 1.165) is 5.69 Å². The zero-order valence-electron chi connectivity index (χ0n) is 14.0. The van der Waals surface area contributed by atoms with Gasteiger partial charge in [0, 0.05) is 25.0 Å². The molecule has 5 heteroatoms. The lowest BCUT2D eigenvalue weighted by atomic mass is 10.2. The third-order valence-electron chi connectivity index (χ3n) is 3.98. The second kappa shape index (κ2) is 6.96. The van der Waals surface area contributed by atoms with Crippen LogP contribution in [0.2, 0.25) is 0 Å². The number of hydrogen-bond acceptors (Lipinski definition) is 2. The highest BCUT2D eigenvalue weighted by molar-refractivity contribution is 5.95. The van der Waals surface area contributed by atoms with Gasteiger partial charge < -0.3 is 14.6 Å². The van der Waals surface area contributed by atoms with Crippen LogP contribution in [0.15, 0.2) is 30.3 Å². The standard InChI is InChI=1S/C18H23FN2O2/c1-12-11-15(18(23)20(4)10-9-13(2)22)14(3)21(12)17-8-6-5-7-16(17)19/h5-8,11,13,22H,9-10H2,1-4H3. The van der Waals surface area contributed by atoms with Crippen molar-refractivity contribution in [2.45, 2.75) is 33.3 Å². The van der Waals surface area contributed by atoms with E-state index in [1.54, 1.807) is 47.7 Å². The molecule has 0 saturated carbocycles. The maximum atomic E-state index is 14.1. The number of para-hydroxylation sites is 1. The number of aryl methyl sites for hydroxylation is 1. The van der Waals surface area contributed by atoms with Crippen LogP contribution in [0.3, 0.4) is 0 Å². The quantitative estimate of drug-likeness (QED) is 0.921. The molecule has 2 rings (SSSR count).